The van der Waals surface area contributed by atoms with Gasteiger partial charge in [-0.1, -0.05) is 23.7 Å². The number of aliphatic imine (C=N–C) groups is 1. The van der Waals surface area contributed by atoms with Gasteiger partial charge in [-0.05, 0) is 48.4 Å². The van der Waals surface area contributed by atoms with Crippen LogP contribution in [0, 0.1) is 0 Å². The Kier molecular flexibility index (Phi) is 2.97. The van der Waals surface area contributed by atoms with Crippen LogP contribution in [-0.4, -0.2) is 6.21 Å². The van der Waals surface area contributed by atoms with Crippen LogP contribution in [0.15, 0.2) is 34.5 Å². The number of rotatable bonds is 0. The third-order valence-electron chi connectivity index (χ3n) is 3.50. The fourth-order valence-electron chi connectivity index (χ4n) is 2.62. The number of hydrogen-bond donors (Lipinski definition) is 0. The number of aryl methyl sites for hydroxylation is 1. The van der Waals surface area contributed by atoms with Gasteiger partial charge in [0.1, 0.15) is 5.38 Å². The first kappa shape index (κ1) is 11.3. The normalized spacial score (nSPS) is 23.1. The molecule has 0 radical (unpaired) electrons. The second-order valence-corrected chi connectivity index (χ2v) is 5.36. The molecule has 0 bridgehead atoms. The Morgan fingerprint density at radius 1 is 1.18 bits per heavy atom. The van der Waals surface area contributed by atoms with Crippen molar-refractivity contribution in [3.05, 3.63) is 45.6 Å². The molecule has 1 aromatic carbocycles. The average molecular weight is 266 g/mol. The van der Waals surface area contributed by atoms with Crippen LogP contribution in [-0.2, 0) is 6.42 Å². The molecule has 88 valence electrons. The van der Waals surface area contributed by atoms with Crippen molar-refractivity contribution in [2.45, 2.75) is 31.1 Å². The van der Waals surface area contributed by atoms with Crippen LogP contribution in [0.4, 0.5) is 0 Å². The van der Waals surface area contributed by atoms with E-state index < -0.39 is 0 Å². The van der Waals surface area contributed by atoms with Gasteiger partial charge in [-0.15, -0.1) is 11.6 Å². The SMILES string of the molecule is Clc1cccc2c1C(Cl)C1=C(CCC=N1)CC2. The molecule has 1 aliphatic carbocycles. The zero-order valence-electron chi connectivity index (χ0n) is 9.42. The van der Waals surface area contributed by atoms with E-state index in [-0.39, 0.29) is 5.38 Å². The van der Waals surface area contributed by atoms with Crippen LogP contribution in [0.1, 0.15) is 35.8 Å². The van der Waals surface area contributed by atoms with Crippen LogP contribution >= 0.6 is 23.2 Å². The number of benzene rings is 1. The molecule has 0 saturated heterocycles. The lowest BCUT2D eigenvalue weighted by molar-refractivity contribution is 0.835. The van der Waals surface area contributed by atoms with Gasteiger partial charge in [0.15, 0.2) is 0 Å². The molecule has 2 aliphatic rings. The number of fused-ring (bicyclic) bond motifs is 1. The average Bonchev–Trinajstić information content (AvgIpc) is 2.49. The summed E-state index contributed by atoms with van der Waals surface area (Å²) >= 11 is 12.9. The Hall–Kier alpha value is -0.790. The summed E-state index contributed by atoms with van der Waals surface area (Å²) in [6.07, 6.45) is 6.17. The molecule has 1 atom stereocenters. The van der Waals surface area contributed by atoms with E-state index in [0.717, 1.165) is 42.0 Å². The highest BCUT2D eigenvalue weighted by Gasteiger charge is 2.26. The smallest absolute Gasteiger partial charge is 0.102 e. The number of halogens is 2. The monoisotopic (exact) mass is 265 g/mol. The van der Waals surface area contributed by atoms with Gasteiger partial charge in [0, 0.05) is 11.2 Å². The molecule has 17 heavy (non-hydrogen) atoms. The number of allylic oxidation sites excluding steroid dienone is 2. The van der Waals surface area contributed by atoms with Crippen molar-refractivity contribution < 1.29 is 0 Å². The maximum Gasteiger partial charge on any atom is 0.102 e. The van der Waals surface area contributed by atoms with Crippen LogP contribution in [0.3, 0.4) is 0 Å². The molecule has 0 aromatic heterocycles. The lowest BCUT2D eigenvalue weighted by Gasteiger charge is -2.17. The van der Waals surface area contributed by atoms with Gasteiger partial charge in [-0.2, -0.15) is 0 Å². The van der Waals surface area contributed by atoms with E-state index in [4.69, 9.17) is 23.2 Å². The van der Waals surface area contributed by atoms with Crippen molar-refractivity contribution in [3.63, 3.8) is 0 Å². The molecule has 0 amide bonds. The quantitative estimate of drug-likeness (QED) is 0.604. The fourth-order valence-corrected chi connectivity index (χ4v) is 3.45. The van der Waals surface area contributed by atoms with Crippen molar-refractivity contribution in [3.8, 4) is 0 Å². The molecule has 3 heteroatoms. The Balaban J connectivity index is 2.14. The second kappa shape index (κ2) is 4.47. The van der Waals surface area contributed by atoms with Gasteiger partial charge in [0.25, 0.3) is 0 Å². The summed E-state index contributed by atoms with van der Waals surface area (Å²) in [5.41, 5.74) is 4.76. The standard InChI is InChI=1S/C14H13Cl2N/c15-11-5-1-3-9-6-7-10-4-2-8-17-14(10)13(16)12(9)11/h1,3,5,8,13H,2,4,6-7H2. The van der Waals surface area contributed by atoms with E-state index >= 15 is 0 Å². The highest BCUT2D eigenvalue weighted by atomic mass is 35.5. The molecule has 1 unspecified atom stereocenters. The van der Waals surface area contributed by atoms with Gasteiger partial charge in [-0.25, -0.2) is 0 Å². The zero-order chi connectivity index (χ0) is 11.8. The summed E-state index contributed by atoms with van der Waals surface area (Å²) < 4.78 is 0. The Morgan fingerprint density at radius 2 is 2.06 bits per heavy atom. The van der Waals surface area contributed by atoms with Gasteiger partial charge < -0.3 is 0 Å². The number of hydrogen-bond acceptors (Lipinski definition) is 1. The summed E-state index contributed by atoms with van der Waals surface area (Å²) in [7, 11) is 0. The van der Waals surface area contributed by atoms with E-state index in [9.17, 15) is 0 Å². The molecule has 0 N–H and O–H groups in total. The van der Waals surface area contributed by atoms with Crippen molar-refractivity contribution in [2.24, 2.45) is 4.99 Å². The first-order valence-electron chi connectivity index (χ1n) is 5.93. The molecule has 1 heterocycles. The Morgan fingerprint density at radius 3 is 2.94 bits per heavy atom. The molecule has 0 fully saturated rings. The van der Waals surface area contributed by atoms with E-state index in [1.54, 1.807) is 0 Å². The van der Waals surface area contributed by atoms with E-state index in [1.807, 2.05) is 18.3 Å². The van der Waals surface area contributed by atoms with Crippen molar-refractivity contribution >= 4 is 29.4 Å². The summed E-state index contributed by atoms with van der Waals surface area (Å²) in [4.78, 5) is 4.50. The van der Waals surface area contributed by atoms with Gasteiger partial charge in [-0.3, -0.25) is 4.99 Å². The molecular weight excluding hydrogens is 253 g/mol. The summed E-state index contributed by atoms with van der Waals surface area (Å²) in [5.74, 6) is 0. The summed E-state index contributed by atoms with van der Waals surface area (Å²) in [6.45, 7) is 0. The third-order valence-corrected chi connectivity index (χ3v) is 4.26. The van der Waals surface area contributed by atoms with Crippen molar-refractivity contribution in [2.75, 3.05) is 0 Å². The minimum Gasteiger partial charge on any atom is -0.264 e. The van der Waals surface area contributed by atoms with Gasteiger partial charge >= 0.3 is 0 Å². The highest BCUT2D eigenvalue weighted by molar-refractivity contribution is 6.33. The first-order valence-corrected chi connectivity index (χ1v) is 6.74. The molecule has 3 rings (SSSR count). The van der Waals surface area contributed by atoms with Crippen molar-refractivity contribution in [1.29, 1.82) is 0 Å². The van der Waals surface area contributed by atoms with Crippen molar-refractivity contribution in [1.82, 2.24) is 0 Å². The zero-order valence-corrected chi connectivity index (χ0v) is 10.9. The molecule has 0 spiro atoms. The topological polar surface area (TPSA) is 12.4 Å². The second-order valence-electron chi connectivity index (χ2n) is 4.51. The lowest BCUT2D eigenvalue weighted by atomic mass is 10.0. The predicted molar refractivity (Wildman–Crippen MR) is 73.1 cm³/mol. The molecule has 1 aromatic rings. The third kappa shape index (κ3) is 1.92. The van der Waals surface area contributed by atoms with Crippen LogP contribution < -0.4 is 0 Å². The Labute approximate surface area is 111 Å². The van der Waals surface area contributed by atoms with Gasteiger partial charge in [0.05, 0.1) is 5.70 Å². The maximum atomic E-state index is 6.57. The number of nitrogens with zero attached hydrogens (tertiary/aromatic N) is 1. The summed E-state index contributed by atoms with van der Waals surface area (Å²) in [6, 6.07) is 6.03. The maximum absolute atomic E-state index is 6.57. The molecule has 1 aliphatic heterocycles. The highest BCUT2D eigenvalue weighted by Crippen LogP contribution is 2.43. The fraction of sp³-hybridized carbons (Fsp3) is 0.357. The largest absolute Gasteiger partial charge is 0.264 e. The minimum atomic E-state index is -0.187. The predicted octanol–water partition coefficient (Wildman–Crippen LogP) is 4.68. The molecular formula is C14H13Cl2N. The van der Waals surface area contributed by atoms with Crippen LogP contribution in [0.5, 0.6) is 0 Å². The van der Waals surface area contributed by atoms with Crippen LogP contribution in [0.25, 0.3) is 0 Å². The summed E-state index contributed by atoms with van der Waals surface area (Å²) in [5, 5.41) is 0.574. The Bertz CT molecular complexity index is 517. The number of alkyl halides is 1. The van der Waals surface area contributed by atoms with E-state index in [1.165, 1.54) is 11.1 Å². The van der Waals surface area contributed by atoms with Crippen LogP contribution in [0.2, 0.25) is 5.02 Å². The van der Waals surface area contributed by atoms with E-state index in [2.05, 4.69) is 11.1 Å². The van der Waals surface area contributed by atoms with E-state index in [0.29, 0.717) is 0 Å². The molecule has 0 saturated carbocycles. The molecule has 1 nitrogen and oxygen atoms in total. The lowest BCUT2D eigenvalue weighted by Crippen LogP contribution is -2.02. The minimum absolute atomic E-state index is 0.187. The first-order chi connectivity index (χ1) is 8.27. The van der Waals surface area contributed by atoms with Gasteiger partial charge in [0.2, 0.25) is 0 Å².